The summed E-state index contributed by atoms with van der Waals surface area (Å²) >= 11 is 6.73. The molecule has 2 rings (SSSR count). The van der Waals surface area contributed by atoms with E-state index in [1.807, 2.05) is 12.1 Å². The highest BCUT2D eigenvalue weighted by Crippen LogP contribution is 2.34. The van der Waals surface area contributed by atoms with Crippen molar-refractivity contribution in [1.29, 1.82) is 0 Å². The first-order chi connectivity index (χ1) is 8.60. The van der Waals surface area contributed by atoms with Gasteiger partial charge in [0.05, 0.1) is 15.6 Å². The van der Waals surface area contributed by atoms with E-state index in [0.717, 1.165) is 35.2 Å². The summed E-state index contributed by atoms with van der Waals surface area (Å²) in [4.78, 5) is 2.43. The molecule has 0 bridgehead atoms. The maximum atomic E-state index is 9.68. The minimum absolute atomic E-state index is 0.262. The largest absolute Gasteiger partial charge is 0.506 e. The zero-order chi connectivity index (χ0) is 13.1. The van der Waals surface area contributed by atoms with Gasteiger partial charge < -0.3 is 9.84 Å². The van der Waals surface area contributed by atoms with Gasteiger partial charge in [-0.15, -0.1) is 0 Å². The standard InChI is InChI=1S/C13H17Br2NO2/c1-18-8-9-2-3-16(6-9)7-10-4-11(14)13(17)12(15)5-10/h4-5,9,17H,2-3,6-8H2,1H3. The second-order valence-corrected chi connectivity index (χ2v) is 6.46. The maximum absolute atomic E-state index is 9.68. The molecule has 1 saturated heterocycles. The number of hydrogen-bond donors (Lipinski definition) is 1. The third-order valence-corrected chi connectivity index (χ3v) is 4.46. The Kier molecular flexibility index (Phi) is 5.06. The number of ether oxygens (including phenoxy) is 1. The summed E-state index contributed by atoms with van der Waals surface area (Å²) in [5.41, 5.74) is 1.20. The fourth-order valence-electron chi connectivity index (χ4n) is 2.40. The van der Waals surface area contributed by atoms with Crippen molar-refractivity contribution >= 4 is 31.9 Å². The Balaban J connectivity index is 1.98. The Labute approximate surface area is 124 Å². The number of rotatable bonds is 4. The van der Waals surface area contributed by atoms with Crippen LogP contribution in [0, 0.1) is 5.92 Å². The average molecular weight is 379 g/mol. The fourth-order valence-corrected chi connectivity index (χ4v) is 3.68. The first-order valence-corrected chi connectivity index (χ1v) is 7.57. The number of phenols is 1. The molecular weight excluding hydrogens is 362 g/mol. The van der Waals surface area contributed by atoms with Gasteiger partial charge in [0.1, 0.15) is 5.75 Å². The van der Waals surface area contributed by atoms with Crippen molar-refractivity contribution in [3.05, 3.63) is 26.6 Å². The molecule has 3 nitrogen and oxygen atoms in total. The van der Waals surface area contributed by atoms with Crippen molar-refractivity contribution in [2.24, 2.45) is 5.92 Å². The van der Waals surface area contributed by atoms with Crippen LogP contribution in [0.5, 0.6) is 5.75 Å². The summed E-state index contributed by atoms with van der Waals surface area (Å²) in [6, 6.07) is 3.95. The van der Waals surface area contributed by atoms with E-state index < -0.39 is 0 Å². The minimum atomic E-state index is 0.262. The second-order valence-electron chi connectivity index (χ2n) is 4.75. The van der Waals surface area contributed by atoms with Crippen LogP contribution in [0.25, 0.3) is 0 Å². The summed E-state index contributed by atoms with van der Waals surface area (Å²) in [7, 11) is 1.76. The lowest BCUT2D eigenvalue weighted by atomic mass is 10.1. The van der Waals surface area contributed by atoms with Crippen molar-refractivity contribution in [1.82, 2.24) is 4.90 Å². The van der Waals surface area contributed by atoms with Crippen molar-refractivity contribution in [2.75, 3.05) is 26.8 Å². The molecule has 1 N–H and O–H groups in total. The number of nitrogens with zero attached hydrogens (tertiary/aromatic N) is 1. The monoisotopic (exact) mass is 377 g/mol. The molecule has 1 atom stereocenters. The number of benzene rings is 1. The second kappa shape index (κ2) is 6.37. The molecule has 1 aromatic rings. The van der Waals surface area contributed by atoms with E-state index >= 15 is 0 Å². The van der Waals surface area contributed by atoms with Gasteiger partial charge in [-0.2, -0.15) is 0 Å². The summed E-state index contributed by atoms with van der Waals surface area (Å²) in [5.74, 6) is 0.913. The van der Waals surface area contributed by atoms with Crippen LogP contribution in [-0.2, 0) is 11.3 Å². The third-order valence-electron chi connectivity index (χ3n) is 3.26. The first-order valence-electron chi connectivity index (χ1n) is 5.98. The maximum Gasteiger partial charge on any atom is 0.143 e. The van der Waals surface area contributed by atoms with Gasteiger partial charge in [-0.05, 0) is 68.4 Å². The molecule has 0 amide bonds. The topological polar surface area (TPSA) is 32.7 Å². The fraction of sp³-hybridized carbons (Fsp3) is 0.538. The molecule has 0 aromatic heterocycles. The van der Waals surface area contributed by atoms with E-state index in [2.05, 4.69) is 36.8 Å². The summed E-state index contributed by atoms with van der Waals surface area (Å²) in [6.07, 6.45) is 1.20. The molecule has 1 aliphatic rings. The average Bonchev–Trinajstić information content (AvgIpc) is 2.74. The third kappa shape index (κ3) is 3.47. The van der Waals surface area contributed by atoms with Crippen LogP contribution in [0.3, 0.4) is 0 Å². The van der Waals surface area contributed by atoms with Gasteiger partial charge in [0.2, 0.25) is 0 Å². The Hall–Kier alpha value is -0.100. The quantitative estimate of drug-likeness (QED) is 0.871. The lowest BCUT2D eigenvalue weighted by Crippen LogP contribution is -2.21. The van der Waals surface area contributed by atoms with Crippen LogP contribution in [0.2, 0.25) is 0 Å². The SMILES string of the molecule is COCC1CCN(Cc2cc(Br)c(O)c(Br)c2)C1. The summed E-state index contributed by atoms with van der Waals surface area (Å²) < 4.78 is 6.67. The molecule has 18 heavy (non-hydrogen) atoms. The van der Waals surface area contributed by atoms with Gasteiger partial charge in [-0.25, -0.2) is 0 Å². The van der Waals surface area contributed by atoms with Gasteiger partial charge in [-0.3, -0.25) is 4.90 Å². The van der Waals surface area contributed by atoms with Crippen LogP contribution in [0.15, 0.2) is 21.1 Å². The lowest BCUT2D eigenvalue weighted by Gasteiger charge is -2.16. The van der Waals surface area contributed by atoms with Gasteiger partial charge in [-0.1, -0.05) is 0 Å². The molecule has 1 fully saturated rings. The molecule has 1 aromatic carbocycles. The van der Waals surface area contributed by atoms with Gasteiger partial charge in [0, 0.05) is 20.2 Å². The van der Waals surface area contributed by atoms with Crippen molar-refractivity contribution < 1.29 is 9.84 Å². The molecule has 100 valence electrons. The van der Waals surface area contributed by atoms with E-state index in [9.17, 15) is 5.11 Å². The van der Waals surface area contributed by atoms with Crippen LogP contribution in [-0.4, -0.2) is 36.8 Å². The number of halogens is 2. The molecule has 1 unspecified atom stereocenters. The van der Waals surface area contributed by atoms with Crippen LogP contribution in [0.4, 0.5) is 0 Å². The van der Waals surface area contributed by atoms with E-state index in [-0.39, 0.29) is 5.75 Å². The highest BCUT2D eigenvalue weighted by molar-refractivity contribution is 9.11. The van der Waals surface area contributed by atoms with Crippen LogP contribution in [0.1, 0.15) is 12.0 Å². The van der Waals surface area contributed by atoms with E-state index in [1.54, 1.807) is 7.11 Å². The smallest absolute Gasteiger partial charge is 0.143 e. The Bertz CT molecular complexity index is 402. The summed E-state index contributed by atoms with van der Waals surface area (Å²) in [5, 5.41) is 9.68. The highest BCUT2D eigenvalue weighted by atomic mass is 79.9. The number of methoxy groups -OCH3 is 1. The Morgan fingerprint density at radius 3 is 2.67 bits per heavy atom. The normalized spacial score (nSPS) is 20.5. The number of hydrogen-bond acceptors (Lipinski definition) is 3. The zero-order valence-corrected chi connectivity index (χ0v) is 13.5. The van der Waals surface area contributed by atoms with E-state index in [1.165, 1.54) is 12.0 Å². The van der Waals surface area contributed by atoms with Crippen LogP contribution >= 0.6 is 31.9 Å². The minimum Gasteiger partial charge on any atom is -0.506 e. The van der Waals surface area contributed by atoms with E-state index in [4.69, 9.17) is 4.74 Å². The number of likely N-dealkylation sites (tertiary alicyclic amines) is 1. The van der Waals surface area contributed by atoms with Gasteiger partial charge in [0.15, 0.2) is 0 Å². The molecule has 1 heterocycles. The molecule has 0 saturated carbocycles. The first kappa shape index (κ1) is 14.3. The number of phenolic OH excluding ortho intramolecular Hbond substituents is 1. The van der Waals surface area contributed by atoms with E-state index in [0.29, 0.717) is 5.92 Å². The molecule has 1 aliphatic heterocycles. The summed E-state index contributed by atoms with van der Waals surface area (Å²) in [6.45, 7) is 3.96. The molecule has 0 spiro atoms. The predicted molar refractivity (Wildman–Crippen MR) is 78.8 cm³/mol. The lowest BCUT2D eigenvalue weighted by molar-refractivity contribution is 0.152. The van der Waals surface area contributed by atoms with Crippen molar-refractivity contribution in [3.63, 3.8) is 0 Å². The van der Waals surface area contributed by atoms with Gasteiger partial charge in [0.25, 0.3) is 0 Å². The Morgan fingerprint density at radius 1 is 1.39 bits per heavy atom. The zero-order valence-electron chi connectivity index (χ0n) is 10.3. The van der Waals surface area contributed by atoms with Gasteiger partial charge >= 0.3 is 0 Å². The predicted octanol–water partition coefficient (Wildman–Crippen LogP) is 3.39. The number of aromatic hydroxyl groups is 1. The molecular formula is C13H17Br2NO2. The van der Waals surface area contributed by atoms with Crippen LogP contribution < -0.4 is 0 Å². The molecule has 0 radical (unpaired) electrons. The van der Waals surface area contributed by atoms with Crippen molar-refractivity contribution in [2.45, 2.75) is 13.0 Å². The highest BCUT2D eigenvalue weighted by Gasteiger charge is 2.22. The molecule has 0 aliphatic carbocycles. The van der Waals surface area contributed by atoms with Crippen molar-refractivity contribution in [3.8, 4) is 5.75 Å². The Morgan fingerprint density at radius 2 is 2.06 bits per heavy atom. The molecule has 5 heteroatoms.